The van der Waals surface area contributed by atoms with Gasteiger partial charge < -0.3 is 4.74 Å². The molecular formula is C9H12N2O3. The van der Waals surface area contributed by atoms with Gasteiger partial charge in [-0.2, -0.15) is 0 Å². The maximum atomic E-state index is 11.4. The lowest BCUT2D eigenvalue weighted by Gasteiger charge is -2.09. The van der Waals surface area contributed by atoms with Crippen molar-refractivity contribution in [2.45, 2.75) is 26.5 Å². The molecule has 5 heteroatoms. The Morgan fingerprint density at radius 1 is 1.43 bits per heavy atom. The Hall–Kier alpha value is -1.36. The second kappa shape index (κ2) is 3.42. The number of hydrogen-bond donors (Lipinski definition) is 1. The Morgan fingerprint density at radius 2 is 2.21 bits per heavy atom. The zero-order valence-electron chi connectivity index (χ0n) is 8.00. The second-order valence-corrected chi connectivity index (χ2v) is 3.40. The van der Waals surface area contributed by atoms with Crippen molar-refractivity contribution in [1.29, 1.82) is 0 Å². The van der Waals surface area contributed by atoms with Crippen LogP contribution in [0.15, 0.2) is 9.59 Å². The summed E-state index contributed by atoms with van der Waals surface area (Å²) in [6, 6.07) is 0. The molecule has 1 aromatic rings. The van der Waals surface area contributed by atoms with E-state index in [1.54, 1.807) is 6.92 Å². The van der Waals surface area contributed by atoms with Gasteiger partial charge in [-0.05, 0) is 19.8 Å². The fourth-order valence-electron chi connectivity index (χ4n) is 1.67. The monoisotopic (exact) mass is 196 g/mol. The minimum Gasteiger partial charge on any atom is -0.361 e. The van der Waals surface area contributed by atoms with Crippen LogP contribution in [0.2, 0.25) is 0 Å². The Balaban J connectivity index is 2.69. The van der Waals surface area contributed by atoms with E-state index in [-0.39, 0.29) is 18.0 Å². The summed E-state index contributed by atoms with van der Waals surface area (Å²) in [6.45, 7) is 2.61. The molecule has 2 rings (SSSR count). The van der Waals surface area contributed by atoms with Gasteiger partial charge in [-0.3, -0.25) is 14.3 Å². The van der Waals surface area contributed by atoms with Crippen LogP contribution in [0.4, 0.5) is 0 Å². The highest BCUT2D eigenvalue weighted by molar-refractivity contribution is 5.16. The summed E-state index contributed by atoms with van der Waals surface area (Å²) in [4.78, 5) is 25.0. The molecule has 1 aliphatic heterocycles. The highest BCUT2D eigenvalue weighted by Crippen LogP contribution is 2.08. The third-order valence-electron chi connectivity index (χ3n) is 2.49. The number of nitrogens with zero attached hydrogens (tertiary/aromatic N) is 1. The quantitative estimate of drug-likeness (QED) is 0.623. The van der Waals surface area contributed by atoms with Crippen LogP contribution in [0.3, 0.4) is 0 Å². The predicted molar refractivity (Wildman–Crippen MR) is 50.3 cm³/mol. The Kier molecular flexibility index (Phi) is 2.25. The van der Waals surface area contributed by atoms with Crippen molar-refractivity contribution < 1.29 is 4.74 Å². The van der Waals surface area contributed by atoms with Crippen LogP contribution in [-0.2, 0) is 17.9 Å². The summed E-state index contributed by atoms with van der Waals surface area (Å²) < 4.78 is 6.73. The first-order chi connectivity index (χ1) is 6.70. The SMILES string of the molecule is Cc1c2n(c(=O)[nH]c1=O)COCCC2. The van der Waals surface area contributed by atoms with E-state index in [0.717, 1.165) is 18.5 Å². The van der Waals surface area contributed by atoms with Crippen LogP contribution in [0, 0.1) is 6.92 Å². The molecule has 0 fully saturated rings. The number of rotatable bonds is 0. The molecule has 0 spiro atoms. The summed E-state index contributed by atoms with van der Waals surface area (Å²) >= 11 is 0. The fraction of sp³-hybridized carbons (Fsp3) is 0.556. The van der Waals surface area contributed by atoms with Gasteiger partial charge in [0.1, 0.15) is 6.73 Å². The minimum atomic E-state index is -0.377. The van der Waals surface area contributed by atoms with Crippen LogP contribution in [0.1, 0.15) is 17.7 Å². The lowest BCUT2D eigenvalue weighted by molar-refractivity contribution is 0.0814. The van der Waals surface area contributed by atoms with Crippen LogP contribution in [-0.4, -0.2) is 16.2 Å². The van der Waals surface area contributed by atoms with Gasteiger partial charge in [0.15, 0.2) is 0 Å². The molecule has 0 bridgehead atoms. The maximum Gasteiger partial charge on any atom is 0.330 e. The van der Waals surface area contributed by atoms with E-state index in [0.29, 0.717) is 12.2 Å². The highest BCUT2D eigenvalue weighted by Gasteiger charge is 2.13. The summed E-state index contributed by atoms with van der Waals surface area (Å²) in [6.07, 6.45) is 1.58. The number of nitrogens with one attached hydrogen (secondary N) is 1. The number of hydrogen-bond acceptors (Lipinski definition) is 3. The van der Waals surface area contributed by atoms with Crippen molar-refractivity contribution in [3.8, 4) is 0 Å². The van der Waals surface area contributed by atoms with Crippen LogP contribution < -0.4 is 11.2 Å². The molecule has 0 aliphatic carbocycles. The number of ether oxygens (including phenoxy) is 1. The Morgan fingerprint density at radius 3 is 3.00 bits per heavy atom. The zero-order chi connectivity index (χ0) is 10.1. The first kappa shape index (κ1) is 9.21. The lowest BCUT2D eigenvalue weighted by Crippen LogP contribution is -2.34. The predicted octanol–water partition coefficient (Wildman–Crippen LogP) is -0.235. The van der Waals surface area contributed by atoms with E-state index in [2.05, 4.69) is 4.98 Å². The van der Waals surface area contributed by atoms with Crippen LogP contribution >= 0.6 is 0 Å². The van der Waals surface area contributed by atoms with Crippen molar-refractivity contribution >= 4 is 0 Å². The van der Waals surface area contributed by atoms with E-state index in [9.17, 15) is 9.59 Å². The first-order valence-corrected chi connectivity index (χ1v) is 4.60. The molecule has 0 saturated heterocycles. The van der Waals surface area contributed by atoms with Gasteiger partial charge in [0.25, 0.3) is 5.56 Å². The molecule has 1 N–H and O–H groups in total. The molecule has 5 nitrogen and oxygen atoms in total. The first-order valence-electron chi connectivity index (χ1n) is 4.60. The molecule has 76 valence electrons. The topological polar surface area (TPSA) is 64.1 Å². The molecular weight excluding hydrogens is 184 g/mol. The van der Waals surface area contributed by atoms with E-state index in [1.807, 2.05) is 0 Å². The third-order valence-corrected chi connectivity index (χ3v) is 2.49. The average Bonchev–Trinajstić information content (AvgIpc) is 2.39. The van der Waals surface area contributed by atoms with Gasteiger partial charge in [-0.15, -0.1) is 0 Å². The molecule has 1 aliphatic rings. The molecule has 2 heterocycles. The average molecular weight is 196 g/mol. The van der Waals surface area contributed by atoms with Crippen molar-refractivity contribution in [2.75, 3.05) is 6.61 Å². The molecule has 0 amide bonds. The van der Waals surface area contributed by atoms with Crippen molar-refractivity contribution in [3.63, 3.8) is 0 Å². The van der Waals surface area contributed by atoms with Gasteiger partial charge >= 0.3 is 5.69 Å². The Bertz CT molecular complexity index is 458. The standard InChI is InChI=1S/C9H12N2O3/c1-6-7-3-2-4-14-5-11(7)9(13)10-8(6)12/h2-5H2,1H3,(H,10,12,13). The van der Waals surface area contributed by atoms with Crippen molar-refractivity contribution in [2.24, 2.45) is 0 Å². The normalized spacial score (nSPS) is 16.1. The van der Waals surface area contributed by atoms with Gasteiger partial charge in [-0.1, -0.05) is 0 Å². The summed E-state index contributed by atoms with van der Waals surface area (Å²) in [7, 11) is 0. The van der Waals surface area contributed by atoms with Crippen LogP contribution in [0.5, 0.6) is 0 Å². The molecule has 1 aromatic heterocycles. The summed E-state index contributed by atoms with van der Waals surface area (Å²) in [5.74, 6) is 0. The molecule has 14 heavy (non-hydrogen) atoms. The van der Waals surface area contributed by atoms with E-state index in [4.69, 9.17) is 4.74 Å². The summed E-state index contributed by atoms with van der Waals surface area (Å²) in [5.41, 5.74) is 0.756. The number of H-pyrrole nitrogens is 1. The van der Waals surface area contributed by atoms with Crippen molar-refractivity contribution in [3.05, 3.63) is 32.1 Å². The highest BCUT2D eigenvalue weighted by atomic mass is 16.5. The minimum absolute atomic E-state index is 0.242. The van der Waals surface area contributed by atoms with E-state index < -0.39 is 0 Å². The molecule has 0 unspecified atom stereocenters. The zero-order valence-corrected chi connectivity index (χ0v) is 8.00. The number of aromatic amines is 1. The van der Waals surface area contributed by atoms with Gasteiger partial charge in [0.2, 0.25) is 0 Å². The van der Waals surface area contributed by atoms with Gasteiger partial charge in [0.05, 0.1) is 0 Å². The largest absolute Gasteiger partial charge is 0.361 e. The third kappa shape index (κ3) is 1.39. The fourth-order valence-corrected chi connectivity index (χ4v) is 1.67. The second-order valence-electron chi connectivity index (χ2n) is 3.40. The lowest BCUT2D eigenvalue weighted by atomic mass is 10.1. The van der Waals surface area contributed by atoms with Crippen LogP contribution in [0.25, 0.3) is 0 Å². The van der Waals surface area contributed by atoms with Gasteiger partial charge in [-0.25, -0.2) is 4.79 Å². The van der Waals surface area contributed by atoms with Gasteiger partial charge in [0, 0.05) is 17.9 Å². The molecule has 0 aromatic carbocycles. The maximum absolute atomic E-state index is 11.4. The van der Waals surface area contributed by atoms with Crippen molar-refractivity contribution in [1.82, 2.24) is 9.55 Å². The number of fused-ring (bicyclic) bond motifs is 1. The van der Waals surface area contributed by atoms with E-state index >= 15 is 0 Å². The smallest absolute Gasteiger partial charge is 0.330 e. The number of aromatic nitrogens is 2. The molecule has 0 saturated carbocycles. The summed E-state index contributed by atoms with van der Waals surface area (Å²) in [5, 5.41) is 0. The molecule has 0 atom stereocenters. The Labute approximate surface area is 80.3 Å². The van der Waals surface area contributed by atoms with E-state index in [1.165, 1.54) is 4.57 Å². The molecule has 0 radical (unpaired) electrons.